The summed E-state index contributed by atoms with van der Waals surface area (Å²) in [5.74, 6) is 0.265. The smallest absolute Gasteiger partial charge is 0.255 e. The van der Waals surface area contributed by atoms with Crippen molar-refractivity contribution in [3.05, 3.63) is 59.7 Å². The molecule has 0 saturated heterocycles. The summed E-state index contributed by atoms with van der Waals surface area (Å²) in [6, 6.07) is 14.1. The molecule has 2 aromatic rings. The number of benzene rings is 2. The van der Waals surface area contributed by atoms with E-state index >= 15 is 0 Å². The van der Waals surface area contributed by atoms with Crippen LogP contribution in [-0.4, -0.2) is 24.0 Å². The molecule has 2 N–H and O–H groups in total. The van der Waals surface area contributed by atoms with Crippen LogP contribution in [0.4, 0.5) is 5.69 Å². The van der Waals surface area contributed by atoms with Crippen molar-refractivity contribution in [3.63, 3.8) is 0 Å². The standard InChI is InChI=1S/C22H28N2O3/c1-5-15(3)23-22(26)19-9-7-8-10-20(19)24-21(25)17-11-13-18(14-12-17)27-16(4)6-2/h7-16H,5-6H2,1-4H3,(H,23,26)(H,24,25). The molecule has 5 heteroatoms. The first-order valence-corrected chi connectivity index (χ1v) is 9.42. The Bertz CT molecular complexity index is 771. The number of ether oxygens (including phenoxy) is 1. The number of carbonyl (C=O) groups is 2. The Morgan fingerprint density at radius 3 is 2.22 bits per heavy atom. The van der Waals surface area contributed by atoms with Gasteiger partial charge in [-0.05, 0) is 63.1 Å². The van der Waals surface area contributed by atoms with Crippen molar-refractivity contribution in [2.24, 2.45) is 0 Å². The highest BCUT2D eigenvalue weighted by Crippen LogP contribution is 2.19. The van der Waals surface area contributed by atoms with Gasteiger partial charge in [-0.2, -0.15) is 0 Å². The Morgan fingerprint density at radius 1 is 0.926 bits per heavy atom. The number of para-hydroxylation sites is 1. The van der Waals surface area contributed by atoms with Crippen LogP contribution in [0.25, 0.3) is 0 Å². The number of carbonyl (C=O) groups excluding carboxylic acids is 2. The zero-order chi connectivity index (χ0) is 19.8. The van der Waals surface area contributed by atoms with Gasteiger partial charge >= 0.3 is 0 Å². The van der Waals surface area contributed by atoms with E-state index in [0.717, 1.165) is 18.6 Å². The van der Waals surface area contributed by atoms with Crippen LogP contribution in [0.1, 0.15) is 61.3 Å². The first-order chi connectivity index (χ1) is 12.9. The number of hydrogen-bond donors (Lipinski definition) is 2. The largest absolute Gasteiger partial charge is 0.491 e. The Kier molecular flexibility index (Phi) is 7.41. The minimum atomic E-state index is -0.270. The molecule has 0 saturated carbocycles. The Hall–Kier alpha value is -2.82. The van der Waals surface area contributed by atoms with Crippen LogP contribution in [0.15, 0.2) is 48.5 Å². The highest BCUT2D eigenvalue weighted by molar-refractivity contribution is 6.09. The van der Waals surface area contributed by atoms with Crippen molar-refractivity contribution >= 4 is 17.5 Å². The summed E-state index contributed by atoms with van der Waals surface area (Å²) in [6.07, 6.45) is 1.88. The second-order valence-electron chi connectivity index (χ2n) is 6.64. The van der Waals surface area contributed by atoms with Gasteiger partial charge in [0.05, 0.1) is 17.4 Å². The quantitative estimate of drug-likeness (QED) is 0.713. The van der Waals surface area contributed by atoms with Gasteiger partial charge in [0.25, 0.3) is 11.8 Å². The molecular formula is C22H28N2O3. The first kappa shape index (κ1) is 20.5. The Balaban J connectivity index is 2.10. The monoisotopic (exact) mass is 368 g/mol. The maximum Gasteiger partial charge on any atom is 0.255 e. The zero-order valence-electron chi connectivity index (χ0n) is 16.4. The van der Waals surface area contributed by atoms with Gasteiger partial charge in [0.1, 0.15) is 5.75 Å². The molecule has 0 aliphatic carbocycles. The van der Waals surface area contributed by atoms with Gasteiger partial charge in [-0.25, -0.2) is 0 Å². The number of anilines is 1. The molecule has 2 unspecified atom stereocenters. The Labute approximate surface area is 161 Å². The lowest BCUT2D eigenvalue weighted by atomic mass is 10.1. The van der Waals surface area contributed by atoms with Gasteiger partial charge in [-0.1, -0.05) is 26.0 Å². The maximum atomic E-state index is 12.6. The molecule has 0 aliphatic heterocycles. The predicted octanol–water partition coefficient (Wildman–Crippen LogP) is 4.64. The molecule has 5 nitrogen and oxygen atoms in total. The summed E-state index contributed by atoms with van der Waals surface area (Å²) < 4.78 is 5.73. The van der Waals surface area contributed by atoms with Crippen molar-refractivity contribution in [2.45, 2.75) is 52.7 Å². The first-order valence-electron chi connectivity index (χ1n) is 9.42. The molecule has 27 heavy (non-hydrogen) atoms. The van der Waals surface area contributed by atoms with Crippen molar-refractivity contribution < 1.29 is 14.3 Å². The van der Waals surface area contributed by atoms with E-state index in [1.165, 1.54) is 0 Å². The predicted molar refractivity (Wildman–Crippen MR) is 108 cm³/mol. The molecule has 0 radical (unpaired) electrons. The molecule has 0 aliphatic rings. The second kappa shape index (κ2) is 9.76. The van der Waals surface area contributed by atoms with Crippen molar-refractivity contribution in [1.82, 2.24) is 5.32 Å². The van der Waals surface area contributed by atoms with Crippen LogP contribution < -0.4 is 15.4 Å². The average molecular weight is 368 g/mol. The van der Waals surface area contributed by atoms with Crippen LogP contribution in [0.5, 0.6) is 5.75 Å². The third kappa shape index (κ3) is 5.84. The molecule has 2 amide bonds. The molecule has 0 heterocycles. The minimum absolute atomic E-state index is 0.0688. The van der Waals surface area contributed by atoms with E-state index in [0.29, 0.717) is 16.8 Å². The molecule has 2 aromatic carbocycles. The van der Waals surface area contributed by atoms with Gasteiger partial charge in [0, 0.05) is 11.6 Å². The van der Waals surface area contributed by atoms with Crippen LogP contribution in [-0.2, 0) is 0 Å². The van der Waals surface area contributed by atoms with Gasteiger partial charge < -0.3 is 15.4 Å². The van der Waals surface area contributed by atoms with E-state index in [1.807, 2.05) is 20.8 Å². The average Bonchev–Trinajstić information content (AvgIpc) is 2.68. The van der Waals surface area contributed by atoms with Crippen LogP contribution in [0, 0.1) is 0 Å². The number of hydrogen-bond acceptors (Lipinski definition) is 3. The van der Waals surface area contributed by atoms with E-state index in [2.05, 4.69) is 17.6 Å². The van der Waals surface area contributed by atoms with Crippen LogP contribution >= 0.6 is 0 Å². The molecule has 144 valence electrons. The van der Waals surface area contributed by atoms with E-state index in [1.54, 1.807) is 48.5 Å². The maximum absolute atomic E-state index is 12.6. The number of nitrogens with one attached hydrogen (secondary N) is 2. The topological polar surface area (TPSA) is 67.4 Å². The van der Waals surface area contributed by atoms with Crippen LogP contribution in [0.3, 0.4) is 0 Å². The van der Waals surface area contributed by atoms with E-state index in [9.17, 15) is 9.59 Å². The molecule has 0 fully saturated rings. The van der Waals surface area contributed by atoms with Gasteiger partial charge in [-0.3, -0.25) is 9.59 Å². The highest BCUT2D eigenvalue weighted by atomic mass is 16.5. The SMILES string of the molecule is CCC(C)NC(=O)c1ccccc1NC(=O)c1ccc(OC(C)CC)cc1. The molecule has 0 aromatic heterocycles. The fourth-order valence-corrected chi connectivity index (χ4v) is 2.39. The lowest BCUT2D eigenvalue weighted by Crippen LogP contribution is -2.32. The Morgan fingerprint density at radius 2 is 1.59 bits per heavy atom. The van der Waals surface area contributed by atoms with Gasteiger partial charge in [0.15, 0.2) is 0 Å². The summed E-state index contributed by atoms with van der Waals surface area (Å²) in [4.78, 5) is 25.0. The summed E-state index contributed by atoms with van der Waals surface area (Å²) in [5, 5.41) is 5.75. The molecular weight excluding hydrogens is 340 g/mol. The number of amides is 2. The minimum Gasteiger partial charge on any atom is -0.491 e. The summed E-state index contributed by atoms with van der Waals surface area (Å²) in [7, 11) is 0. The van der Waals surface area contributed by atoms with E-state index in [4.69, 9.17) is 4.74 Å². The zero-order valence-corrected chi connectivity index (χ0v) is 16.4. The van der Waals surface area contributed by atoms with Crippen molar-refractivity contribution in [1.29, 1.82) is 0 Å². The molecule has 0 bridgehead atoms. The van der Waals surface area contributed by atoms with E-state index < -0.39 is 0 Å². The summed E-state index contributed by atoms with van der Waals surface area (Å²) in [6.45, 7) is 8.01. The summed E-state index contributed by atoms with van der Waals surface area (Å²) >= 11 is 0. The van der Waals surface area contributed by atoms with Crippen molar-refractivity contribution in [3.8, 4) is 5.75 Å². The lowest BCUT2D eigenvalue weighted by Gasteiger charge is -2.15. The van der Waals surface area contributed by atoms with Gasteiger partial charge in [0.2, 0.25) is 0 Å². The normalized spacial score (nSPS) is 12.7. The van der Waals surface area contributed by atoms with E-state index in [-0.39, 0.29) is 24.0 Å². The third-order valence-corrected chi connectivity index (χ3v) is 4.44. The highest BCUT2D eigenvalue weighted by Gasteiger charge is 2.15. The molecule has 2 rings (SSSR count). The molecule has 2 atom stereocenters. The number of rotatable bonds is 8. The van der Waals surface area contributed by atoms with Crippen molar-refractivity contribution in [2.75, 3.05) is 5.32 Å². The third-order valence-electron chi connectivity index (χ3n) is 4.44. The van der Waals surface area contributed by atoms with Crippen LogP contribution in [0.2, 0.25) is 0 Å². The fourth-order valence-electron chi connectivity index (χ4n) is 2.39. The lowest BCUT2D eigenvalue weighted by molar-refractivity contribution is 0.0940. The second-order valence-corrected chi connectivity index (χ2v) is 6.64. The van der Waals surface area contributed by atoms with Gasteiger partial charge in [-0.15, -0.1) is 0 Å². The summed E-state index contributed by atoms with van der Waals surface area (Å²) in [5.41, 5.74) is 1.44. The molecule has 0 spiro atoms. The fraction of sp³-hybridized carbons (Fsp3) is 0.364.